The van der Waals surface area contributed by atoms with Gasteiger partial charge in [0.05, 0.1) is 0 Å². The van der Waals surface area contributed by atoms with Gasteiger partial charge in [0.1, 0.15) is 13.2 Å². The minimum absolute atomic E-state index is 0.0655. The number of carbonyl (C=O) groups excluding carboxylic acids is 3. The number of rotatable bonds is 40. The fourth-order valence-corrected chi connectivity index (χ4v) is 6.72. The van der Waals surface area contributed by atoms with Crippen LogP contribution < -0.4 is 0 Å². The normalized spacial score (nSPS) is 12.6. The summed E-state index contributed by atoms with van der Waals surface area (Å²) in [5, 5.41) is 0. The Morgan fingerprint density at radius 2 is 0.731 bits per heavy atom. The first-order valence-electron chi connectivity index (χ1n) is 22.8. The van der Waals surface area contributed by atoms with Gasteiger partial charge < -0.3 is 14.2 Å². The van der Waals surface area contributed by atoms with Crippen LogP contribution in [0.15, 0.2) is 0 Å². The van der Waals surface area contributed by atoms with Crippen molar-refractivity contribution in [2.24, 2.45) is 11.8 Å². The molecule has 0 fully saturated rings. The third-order valence-corrected chi connectivity index (χ3v) is 10.6. The molecule has 0 aromatic rings. The molecule has 0 aliphatic rings. The molecule has 0 N–H and O–H groups in total. The lowest BCUT2D eigenvalue weighted by molar-refractivity contribution is -0.167. The van der Waals surface area contributed by atoms with E-state index in [0.717, 1.165) is 69.6 Å². The van der Waals surface area contributed by atoms with E-state index in [2.05, 4.69) is 34.6 Å². The molecular weight excluding hydrogens is 649 g/mol. The molecule has 0 aliphatic carbocycles. The van der Waals surface area contributed by atoms with E-state index in [4.69, 9.17) is 14.2 Å². The van der Waals surface area contributed by atoms with Gasteiger partial charge in [-0.3, -0.25) is 14.4 Å². The smallest absolute Gasteiger partial charge is 0.306 e. The van der Waals surface area contributed by atoms with Crippen LogP contribution >= 0.6 is 0 Å². The van der Waals surface area contributed by atoms with E-state index >= 15 is 0 Å². The first-order chi connectivity index (χ1) is 25.3. The van der Waals surface area contributed by atoms with Crippen molar-refractivity contribution in [1.82, 2.24) is 0 Å². The number of hydrogen-bond acceptors (Lipinski definition) is 6. The zero-order valence-corrected chi connectivity index (χ0v) is 35.4. The van der Waals surface area contributed by atoms with Crippen LogP contribution in [0.1, 0.15) is 247 Å². The van der Waals surface area contributed by atoms with Gasteiger partial charge in [0.25, 0.3) is 0 Å². The molecule has 0 amide bonds. The van der Waals surface area contributed by atoms with Crippen LogP contribution in [-0.4, -0.2) is 37.2 Å². The lowest BCUT2D eigenvalue weighted by atomic mass is 10.00. The van der Waals surface area contributed by atoms with E-state index in [9.17, 15) is 14.4 Å². The van der Waals surface area contributed by atoms with Gasteiger partial charge in [0.2, 0.25) is 0 Å². The summed E-state index contributed by atoms with van der Waals surface area (Å²) < 4.78 is 16.7. The molecule has 0 saturated heterocycles. The topological polar surface area (TPSA) is 78.9 Å². The highest BCUT2D eigenvalue weighted by Gasteiger charge is 2.19. The van der Waals surface area contributed by atoms with E-state index in [1.54, 1.807) is 0 Å². The van der Waals surface area contributed by atoms with E-state index in [0.29, 0.717) is 19.3 Å². The van der Waals surface area contributed by atoms with Crippen LogP contribution in [0, 0.1) is 11.8 Å². The van der Waals surface area contributed by atoms with Crippen molar-refractivity contribution in [2.45, 2.75) is 253 Å². The highest BCUT2D eigenvalue weighted by Crippen LogP contribution is 2.17. The van der Waals surface area contributed by atoms with Gasteiger partial charge in [-0.05, 0) is 31.1 Å². The van der Waals surface area contributed by atoms with Crippen molar-refractivity contribution in [3.63, 3.8) is 0 Å². The molecular formula is C46H88O6. The summed E-state index contributed by atoms with van der Waals surface area (Å²) in [6.45, 7) is 11.3. The van der Waals surface area contributed by atoms with Crippen molar-refractivity contribution >= 4 is 17.9 Å². The standard InChI is InChI=1S/C46H88O6/c1-6-8-9-10-11-16-21-28-33-38-46(49)52-43(40-51-45(48)37-32-27-23-22-25-30-35-42(5)7-2)39-50-44(47)36-31-26-20-18-15-13-12-14-17-19-24-29-34-41(3)4/h41-43H,6-40H2,1-5H3/t42?,43-/m1/s1. The average Bonchev–Trinajstić information content (AvgIpc) is 3.12. The quantitative estimate of drug-likeness (QED) is 0.0354. The number of unbranched alkanes of at least 4 members (excludes halogenated alkanes) is 24. The van der Waals surface area contributed by atoms with Gasteiger partial charge in [-0.25, -0.2) is 0 Å². The number of esters is 3. The van der Waals surface area contributed by atoms with Gasteiger partial charge in [-0.1, -0.05) is 208 Å². The van der Waals surface area contributed by atoms with Crippen molar-refractivity contribution < 1.29 is 28.6 Å². The minimum atomic E-state index is -0.760. The van der Waals surface area contributed by atoms with E-state index < -0.39 is 6.10 Å². The Bertz CT molecular complexity index is 796. The van der Waals surface area contributed by atoms with Crippen LogP contribution in [0.2, 0.25) is 0 Å². The summed E-state index contributed by atoms with van der Waals surface area (Å²) in [5.41, 5.74) is 0. The third-order valence-electron chi connectivity index (χ3n) is 10.6. The zero-order chi connectivity index (χ0) is 38.3. The maximum Gasteiger partial charge on any atom is 0.306 e. The van der Waals surface area contributed by atoms with Gasteiger partial charge in [-0.15, -0.1) is 0 Å². The summed E-state index contributed by atoms with van der Waals surface area (Å²) in [6, 6.07) is 0. The molecule has 0 rings (SSSR count). The van der Waals surface area contributed by atoms with Crippen molar-refractivity contribution in [2.75, 3.05) is 13.2 Å². The largest absolute Gasteiger partial charge is 0.462 e. The Labute approximate surface area is 323 Å². The molecule has 0 heterocycles. The Balaban J connectivity index is 4.29. The highest BCUT2D eigenvalue weighted by molar-refractivity contribution is 5.71. The predicted molar refractivity (Wildman–Crippen MR) is 220 cm³/mol. The molecule has 2 atom stereocenters. The predicted octanol–water partition coefficient (Wildman–Crippen LogP) is 14.2. The monoisotopic (exact) mass is 737 g/mol. The van der Waals surface area contributed by atoms with Crippen LogP contribution in [0.25, 0.3) is 0 Å². The first-order valence-corrected chi connectivity index (χ1v) is 22.8. The molecule has 0 aromatic heterocycles. The van der Waals surface area contributed by atoms with E-state index in [-0.39, 0.29) is 31.1 Å². The molecule has 52 heavy (non-hydrogen) atoms. The van der Waals surface area contributed by atoms with Crippen LogP contribution in [0.5, 0.6) is 0 Å². The Morgan fingerprint density at radius 1 is 0.404 bits per heavy atom. The summed E-state index contributed by atoms with van der Waals surface area (Å²) in [5.74, 6) is 0.786. The molecule has 0 aromatic carbocycles. The molecule has 308 valence electrons. The van der Waals surface area contributed by atoms with Crippen molar-refractivity contribution in [3.8, 4) is 0 Å². The minimum Gasteiger partial charge on any atom is -0.462 e. The molecule has 0 saturated carbocycles. The summed E-state index contributed by atoms with van der Waals surface area (Å²) >= 11 is 0. The SMILES string of the molecule is CCCCCCCCCCCC(=O)O[C@H](COC(=O)CCCCCCCCCCCCCCC(C)C)COC(=O)CCCCCCCCC(C)CC. The van der Waals surface area contributed by atoms with Crippen molar-refractivity contribution in [3.05, 3.63) is 0 Å². The van der Waals surface area contributed by atoms with Gasteiger partial charge in [-0.2, -0.15) is 0 Å². The lowest BCUT2D eigenvalue weighted by Crippen LogP contribution is -2.30. The van der Waals surface area contributed by atoms with Gasteiger partial charge in [0.15, 0.2) is 6.10 Å². The molecule has 0 radical (unpaired) electrons. The second-order valence-electron chi connectivity index (χ2n) is 16.4. The maximum absolute atomic E-state index is 12.6. The van der Waals surface area contributed by atoms with Crippen LogP contribution in [-0.2, 0) is 28.6 Å². The summed E-state index contributed by atoms with van der Waals surface area (Å²) in [6.07, 6.45) is 36.6. The van der Waals surface area contributed by atoms with Gasteiger partial charge >= 0.3 is 17.9 Å². The maximum atomic E-state index is 12.6. The molecule has 6 nitrogen and oxygen atoms in total. The zero-order valence-electron chi connectivity index (χ0n) is 35.4. The molecule has 1 unspecified atom stereocenters. The number of ether oxygens (including phenoxy) is 3. The van der Waals surface area contributed by atoms with E-state index in [1.807, 2.05) is 0 Å². The van der Waals surface area contributed by atoms with Crippen molar-refractivity contribution in [1.29, 1.82) is 0 Å². The second-order valence-corrected chi connectivity index (χ2v) is 16.4. The lowest BCUT2D eigenvalue weighted by Gasteiger charge is -2.18. The number of hydrogen-bond donors (Lipinski definition) is 0. The average molecular weight is 737 g/mol. The Hall–Kier alpha value is -1.59. The summed E-state index contributed by atoms with van der Waals surface area (Å²) in [7, 11) is 0. The molecule has 6 heteroatoms. The Morgan fingerprint density at radius 3 is 1.10 bits per heavy atom. The fourth-order valence-electron chi connectivity index (χ4n) is 6.72. The Kier molecular flexibility index (Phi) is 37.9. The second kappa shape index (κ2) is 39.1. The summed E-state index contributed by atoms with van der Waals surface area (Å²) in [4.78, 5) is 37.6. The first kappa shape index (κ1) is 50.4. The van der Waals surface area contributed by atoms with Crippen LogP contribution in [0.4, 0.5) is 0 Å². The number of carbonyl (C=O) groups is 3. The fraction of sp³-hybridized carbons (Fsp3) is 0.935. The highest BCUT2D eigenvalue weighted by atomic mass is 16.6. The van der Waals surface area contributed by atoms with E-state index in [1.165, 1.54) is 135 Å². The molecule has 0 spiro atoms. The van der Waals surface area contributed by atoms with Crippen LogP contribution in [0.3, 0.4) is 0 Å². The third kappa shape index (κ3) is 38.1. The van der Waals surface area contributed by atoms with Gasteiger partial charge in [0, 0.05) is 19.3 Å². The molecule has 0 bridgehead atoms. The molecule has 0 aliphatic heterocycles.